The topological polar surface area (TPSA) is 46.9 Å². The zero-order valence-electron chi connectivity index (χ0n) is 18.9. The van der Waals surface area contributed by atoms with E-state index in [-0.39, 0.29) is 18.0 Å². The number of imidazole rings is 1. The van der Waals surface area contributed by atoms with Crippen LogP contribution in [0.25, 0.3) is 0 Å². The minimum atomic E-state index is -0.246. The summed E-state index contributed by atoms with van der Waals surface area (Å²) in [7, 11) is 0. The lowest BCUT2D eigenvalue weighted by Gasteiger charge is -2.32. The third kappa shape index (κ3) is 4.61. The maximum atomic E-state index is 13.3. The molecule has 0 spiro atoms. The maximum Gasteiger partial charge on any atom is 0.243 e. The van der Waals surface area contributed by atoms with E-state index in [9.17, 15) is 4.79 Å². The Labute approximate surface area is 195 Å². The highest BCUT2D eigenvalue weighted by atomic mass is 16.2. The van der Waals surface area contributed by atoms with E-state index in [0.717, 1.165) is 42.9 Å². The van der Waals surface area contributed by atoms with Gasteiger partial charge in [-0.3, -0.25) is 4.79 Å². The molecule has 0 radical (unpaired) electrons. The standard InChI is InChI=1S/C29H29N3O/c1-21-25(19-23-13-7-3-8-14-23)30-28-26(20-24-15-9-4-10-16-24)31-29(33)27(32(21)28)18-17-22-11-5-2-6-12-22/h2-16,26-27H,17-20H2,1H3,(H,31,33)/t26-,27-/m1/s1. The fraction of sp³-hybridized carbons (Fsp3) is 0.241. The summed E-state index contributed by atoms with van der Waals surface area (Å²) in [4.78, 5) is 18.5. The molecule has 4 aromatic rings. The number of benzene rings is 3. The number of rotatable bonds is 7. The number of aromatic nitrogens is 2. The molecule has 1 aliphatic rings. The number of fused-ring (bicyclic) bond motifs is 1. The Balaban J connectivity index is 1.49. The van der Waals surface area contributed by atoms with Crippen LogP contribution in [0.2, 0.25) is 0 Å². The van der Waals surface area contributed by atoms with Crippen molar-refractivity contribution in [1.29, 1.82) is 0 Å². The second-order valence-electron chi connectivity index (χ2n) is 8.83. The van der Waals surface area contributed by atoms with E-state index in [1.54, 1.807) is 0 Å². The van der Waals surface area contributed by atoms with Crippen molar-refractivity contribution in [3.63, 3.8) is 0 Å². The number of carbonyl (C=O) groups excluding carboxylic acids is 1. The lowest BCUT2D eigenvalue weighted by molar-refractivity contribution is -0.126. The van der Waals surface area contributed by atoms with E-state index in [1.807, 2.05) is 30.3 Å². The first kappa shape index (κ1) is 21.2. The Morgan fingerprint density at radius 1 is 0.818 bits per heavy atom. The first-order valence-corrected chi connectivity index (χ1v) is 11.7. The molecule has 0 fully saturated rings. The molecule has 0 saturated carbocycles. The van der Waals surface area contributed by atoms with Gasteiger partial charge in [-0.05, 0) is 42.9 Å². The van der Waals surface area contributed by atoms with Gasteiger partial charge < -0.3 is 9.88 Å². The van der Waals surface area contributed by atoms with Gasteiger partial charge in [0.05, 0.1) is 11.7 Å². The van der Waals surface area contributed by atoms with E-state index in [4.69, 9.17) is 4.98 Å². The largest absolute Gasteiger partial charge is 0.344 e. The molecule has 0 saturated heterocycles. The number of carbonyl (C=O) groups is 1. The smallest absolute Gasteiger partial charge is 0.243 e. The molecular weight excluding hydrogens is 406 g/mol. The lowest BCUT2D eigenvalue weighted by Crippen LogP contribution is -2.43. The molecule has 166 valence electrons. The number of hydrogen-bond acceptors (Lipinski definition) is 2. The quantitative estimate of drug-likeness (QED) is 0.424. The van der Waals surface area contributed by atoms with Crippen LogP contribution in [0.5, 0.6) is 0 Å². The molecule has 3 aromatic carbocycles. The Morgan fingerprint density at radius 3 is 2.03 bits per heavy atom. The van der Waals surface area contributed by atoms with Gasteiger partial charge in [-0.25, -0.2) is 4.98 Å². The van der Waals surface area contributed by atoms with Crippen molar-refractivity contribution in [2.75, 3.05) is 0 Å². The zero-order valence-corrected chi connectivity index (χ0v) is 18.9. The molecule has 0 bridgehead atoms. The van der Waals surface area contributed by atoms with Crippen molar-refractivity contribution < 1.29 is 4.79 Å². The SMILES string of the molecule is Cc1c(Cc2ccccc2)nc2n1[C@H](CCc1ccccc1)C(=O)N[C@@H]2Cc1ccccc1. The van der Waals surface area contributed by atoms with Crippen molar-refractivity contribution in [1.82, 2.24) is 14.9 Å². The van der Waals surface area contributed by atoms with E-state index in [2.05, 4.69) is 77.5 Å². The predicted octanol–water partition coefficient (Wildman–Crippen LogP) is 5.37. The molecule has 1 aromatic heterocycles. The summed E-state index contributed by atoms with van der Waals surface area (Å²) >= 11 is 0. The van der Waals surface area contributed by atoms with Gasteiger partial charge in [0.2, 0.25) is 5.91 Å². The molecule has 5 rings (SSSR count). The average Bonchev–Trinajstić information content (AvgIpc) is 3.17. The van der Waals surface area contributed by atoms with Gasteiger partial charge in [0.1, 0.15) is 11.9 Å². The summed E-state index contributed by atoms with van der Waals surface area (Å²) < 4.78 is 2.22. The van der Waals surface area contributed by atoms with Crippen LogP contribution in [0.15, 0.2) is 91.0 Å². The molecule has 0 unspecified atom stereocenters. The Kier molecular flexibility index (Phi) is 6.07. The summed E-state index contributed by atoms with van der Waals surface area (Å²) in [6.07, 6.45) is 3.11. The highest BCUT2D eigenvalue weighted by Gasteiger charge is 2.36. The van der Waals surface area contributed by atoms with E-state index < -0.39 is 0 Å². The third-order valence-corrected chi connectivity index (χ3v) is 6.56. The van der Waals surface area contributed by atoms with Gasteiger partial charge in [0, 0.05) is 12.1 Å². The van der Waals surface area contributed by atoms with E-state index in [1.165, 1.54) is 16.7 Å². The number of amides is 1. The van der Waals surface area contributed by atoms with Crippen LogP contribution in [0, 0.1) is 6.92 Å². The second kappa shape index (κ2) is 9.45. The predicted molar refractivity (Wildman–Crippen MR) is 131 cm³/mol. The highest BCUT2D eigenvalue weighted by Crippen LogP contribution is 2.32. The van der Waals surface area contributed by atoms with Gasteiger partial charge in [-0.1, -0.05) is 91.0 Å². The van der Waals surface area contributed by atoms with Crippen LogP contribution in [-0.2, 0) is 24.1 Å². The number of aryl methyl sites for hydroxylation is 1. The number of nitrogens with zero attached hydrogens (tertiary/aromatic N) is 2. The van der Waals surface area contributed by atoms with Crippen LogP contribution < -0.4 is 5.32 Å². The fourth-order valence-electron chi connectivity index (χ4n) is 4.83. The van der Waals surface area contributed by atoms with Crippen molar-refractivity contribution in [2.45, 2.75) is 44.7 Å². The number of nitrogens with one attached hydrogen (secondary N) is 1. The van der Waals surface area contributed by atoms with Crippen molar-refractivity contribution in [3.05, 3.63) is 125 Å². The first-order valence-electron chi connectivity index (χ1n) is 11.7. The normalized spacial score (nSPS) is 17.4. The monoisotopic (exact) mass is 435 g/mol. The van der Waals surface area contributed by atoms with Gasteiger partial charge in [0.25, 0.3) is 0 Å². The molecule has 1 aliphatic heterocycles. The van der Waals surface area contributed by atoms with Crippen molar-refractivity contribution >= 4 is 5.91 Å². The summed E-state index contributed by atoms with van der Waals surface area (Å²) in [5.41, 5.74) is 5.83. The minimum absolute atomic E-state index is 0.0890. The minimum Gasteiger partial charge on any atom is -0.344 e. The van der Waals surface area contributed by atoms with Crippen molar-refractivity contribution in [3.8, 4) is 0 Å². The lowest BCUT2D eigenvalue weighted by atomic mass is 9.98. The summed E-state index contributed by atoms with van der Waals surface area (Å²) in [5.74, 6) is 1.06. The maximum absolute atomic E-state index is 13.3. The van der Waals surface area contributed by atoms with E-state index >= 15 is 0 Å². The van der Waals surface area contributed by atoms with Crippen LogP contribution in [0.1, 0.15) is 52.4 Å². The van der Waals surface area contributed by atoms with Crippen LogP contribution in [0.3, 0.4) is 0 Å². The summed E-state index contributed by atoms with van der Waals surface area (Å²) in [5, 5.41) is 3.29. The molecule has 33 heavy (non-hydrogen) atoms. The zero-order chi connectivity index (χ0) is 22.6. The van der Waals surface area contributed by atoms with Crippen molar-refractivity contribution in [2.24, 2.45) is 0 Å². The molecule has 4 nitrogen and oxygen atoms in total. The van der Waals surface area contributed by atoms with Gasteiger partial charge >= 0.3 is 0 Å². The third-order valence-electron chi connectivity index (χ3n) is 6.56. The van der Waals surface area contributed by atoms with Crippen LogP contribution >= 0.6 is 0 Å². The summed E-state index contributed by atoms with van der Waals surface area (Å²) in [6.45, 7) is 2.11. The molecule has 0 aliphatic carbocycles. The molecule has 4 heteroatoms. The molecular formula is C29H29N3O. The molecule has 1 N–H and O–H groups in total. The second-order valence-corrected chi connectivity index (χ2v) is 8.83. The first-order chi connectivity index (χ1) is 16.2. The molecule has 2 atom stereocenters. The Bertz CT molecular complexity index is 1220. The van der Waals surface area contributed by atoms with Gasteiger partial charge in [0.15, 0.2) is 0 Å². The Hall–Kier alpha value is -3.66. The molecule has 2 heterocycles. The van der Waals surface area contributed by atoms with Crippen LogP contribution in [0.4, 0.5) is 0 Å². The molecule has 1 amide bonds. The van der Waals surface area contributed by atoms with Gasteiger partial charge in [-0.15, -0.1) is 0 Å². The summed E-state index contributed by atoms with van der Waals surface area (Å²) in [6, 6.07) is 30.8. The Morgan fingerprint density at radius 2 is 1.39 bits per heavy atom. The number of hydrogen-bond donors (Lipinski definition) is 1. The average molecular weight is 436 g/mol. The van der Waals surface area contributed by atoms with Gasteiger partial charge in [-0.2, -0.15) is 0 Å². The highest BCUT2D eigenvalue weighted by molar-refractivity contribution is 5.82. The van der Waals surface area contributed by atoms with E-state index in [0.29, 0.717) is 0 Å². The van der Waals surface area contributed by atoms with Crippen LogP contribution in [-0.4, -0.2) is 15.5 Å². The fourth-order valence-corrected chi connectivity index (χ4v) is 4.83.